The monoisotopic (exact) mass is 291 g/mol. The largest absolute Gasteiger partial charge is 0.483 e. The van der Waals surface area contributed by atoms with Gasteiger partial charge in [-0.3, -0.25) is 5.41 Å². The summed E-state index contributed by atoms with van der Waals surface area (Å²) < 4.78 is 21.0. The summed E-state index contributed by atoms with van der Waals surface area (Å²) in [7, 11) is 0. The number of hydrogen-bond donors (Lipinski definition) is 2. The van der Waals surface area contributed by atoms with Gasteiger partial charge in [0.05, 0.1) is 0 Å². The third-order valence-electron chi connectivity index (χ3n) is 2.83. The predicted octanol–water partition coefficient (Wildman–Crippen LogP) is 1.94. The zero-order valence-corrected chi connectivity index (χ0v) is 12.0. The second-order valence-electron chi connectivity index (χ2n) is 5.10. The molecule has 21 heavy (non-hydrogen) atoms. The average Bonchev–Trinajstić information content (AvgIpc) is 2.83. The van der Waals surface area contributed by atoms with E-state index in [1.807, 2.05) is 0 Å². The van der Waals surface area contributed by atoms with Crippen LogP contribution in [-0.2, 0) is 13.2 Å². The molecule has 0 amide bonds. The fourth-order valence-electron chi connectivity index (χ4n) is 1.83. The summed E-state index contributed by atoms with van der Waals surface area (Å²) in [6.07, 6.45) is 1.45. The normalized spacial score (nSPS) is 10.9. The van der Waals surface area contributed by atoms with E-state index in [4.69, 9.17) is 15.9 Å². The lowest BCUT2D eigenvalue weighted by Crippen LogP contribution is -2.13. The number of nitrogens with zero attached hydrogens (tertiary/aromatic N) is 3. The van der Waals surface area contributed by atoms with Gasteiger partial charge in [0.2, 0.25) is 0 Å². The molecule has 2 rings (SSSR count). The summed E-state index contributed by atoms with van der Waals surface area (Å²) in [6, 6.07) is 4.17. The Bertz CT molecular complexity index is 638. The molecular weight excluding hydrogens is 273 g/mol. The highest BCUT2D eigenvalue weighted by atomic mass is 19.1. The first kappa shape index (κ1) is 15.0. The summed E-state index contributed by atoms with van der Waals surface area (Å²) in [5, 5.41) is 11.4. The summed E-state index contributed by atoms with van der Waals surface area (Å²) in [4.78, 5) is 4.11. The van der Waals surface area contributed by atoms with E-state index in [2.05, 4.69) is 23.9 Å². The van der Waals surface area contributed by atoms with Gasteiger partial charge in [-0.2, -0.15) is 5.10 Å². The first-order valence-corrected chi connectivity index (χ1v) is 6.60. The average molecular weight is 291 g/mol. The van der Waals surface area contributed by atoms with Crippen LogP contribution in [0.4, 0.5) is 4.39 Å². The van der Waals surface area contributed by atoms with Crippen LogP contribution >= 0.6 is 0 Å². The Hall–Kier alpha value is -2.44. The van der Waals surface area contributed by atoms with Gasteiger partial charge in [0.1, 0.15) is 18.8 Å². The molecule has 2 aromatic rings. The van der Waals surface area contributed by atoms with Crippen molar-refractivity contribution < 1.29 is 9.13 Å². The molecule has 0 atom stereocenters. The minimum Gasteiger partial charge on any atom is -0.483 e. The standard InChI is InChI=1S/C14H18FN5O/c1-9(2)6-20-13(18-8-19-20)7-21-12-4-3-10(14(16)17)5-11(12)15/h3-5,8-9H,6-7H2,1-2H3,(H3,16,17). The van der Waals surface area contributed by atoms with Crippen LogP contribution in [0.3, 0.4) is 0 Å². The first-order valence-electron chi connectivity index (χ1n) is 6.60. The lowest BCUT2D eigenvalue weighted by atomic mass is 10.2. The van der Waals surface area contributed by atoms with Crippen LogP contribution in [0.2, 0.25) is 0 Å². The molecule has 6 nitrogen and oxygen atoms in total. The number of amidine groups is 1. The SMILES string of the molecule is CC(C)Cn1ncnc1COc1ccc(C(=N)N)cc1F. The second kappa shape index (κ2) is 6.34. The van der Waals surface area contributed by atoms with Crippen molar-refractivity contribution in [2.45, 2.75) is 27.0 Å². The highest BCUT2D eigenvalue weighted by molar-refractivity contribution is 5.95. The van der Waals surface area contributed by atoms with Gasteiger partial charge >= 0.3 is 0 Å². The topological polar surface area (TPSA) is 89.8 Å². The molecule has 0 unspecified atom stereocenters. The van der Waals surface area contributed by atoms with E-state index in [0.29, 0.717) is 17.3 Å². The van der Waals surface area contributed by atoms with Gasteiger partial charge < -0.3 is 10.5 Å². The quantitative estimate of drug-likeness (QED) is 0.628. The van der Waals surface area contributed by atoms with Crippen LogP contribution < -0.4 is 10.5 Å². The molecule has 0 spiro atoms. The Labute approximate surface area is 122 Å². The number of rotatable bonds is 6. The predicted molar refractivity (Wildman–Crippen MR) is 76.6 cm³/mol. The van der Waals surface area contributed by atoms with Crippen molar-refractivity contribution in [1.29, 1.82) is 5.41 Å². The van der Waals surface area contributed by atoms with Crippen molar-refractivity contribution >= 4 is 5.84 Å². The number of aromatic nitrogens is 3. The zero-order valence-electron chi connectivity index (χ0n) is 12.0. The second-order valence-corrected chi connectivity index (χ2v) is 5.10. The molecule has 1 aromatic carbocycles. The molecule has 0 saturated heterocycles. The third kappa shape index (κ3) is 3.77. The van der Waals surface area contributed by atoms with Crippen molar-refractivity contribution in [3.8, 4) is 5.75 Å². The molecule has 0 aliphatic heterocycles. The number of benzene rings is 1. The number of ether oxygens (including phenoxy) is 1. The number of nitrogen functional groups attached to an aromatic ring is 1. The van der Waals surface area contributed by atoms with E-state index >= 15 is 0 Å². The van der Waals surface area contributed by atoms with E-state index in [9.17, 15) is 4.39 Å². The first-order chi connectivity index (χ1) is 9.97. The van der Waals surface area contributed by atoms with Crippen molar-refractivity contribution in [2.24, 2.45) is 11.7 Å². The molecule has 7 heteroatoms. The lowest BCUT2D eigenvalue weighted by molar-refractivity contribution is 0.269. The highest BCUT2D eigenvalue weighted by Gasteiger charge is 2.10. The van der Waals surface area contributed by atoms with Crippen molar-refractivity contribution in [3.63, 3.8) is 0 Å². The molecule has 0 aliphatic rings. The van der Waals surface area contributed by atoms with E-state index in [0.717, 1.165) is 6.54 Å². The van der Waals surface area contributed by atoms with Gasteiger partial charge in [0, 0.05) is 12.1 Å². The molecule has 3 N–H and O–H groups in total. The van der Waals surface area contributed by atoms with E-state index in [1.54, 1.807) is 10.7 Å². The van der Waals surface area contributed by atoms with Gasteiger partial charge in [-0.1, -0.05) is 13.8 Å². The maximum absolute atomic E-state index is 13.8. The highest BCUT2D eigenvalue weighted by Crippen LogP contribution is 2.19. The Morgan fingerprint density at radius 3 is 2.86 bits per heavy atom. The minimum atomic E-state index is -0.558. The zero-order chi connectivity index (χ0) is 15.4. The summed E-state index contributed by atoms with van der Waals surface area (Å²) >= 11 is 0. The Balaban J connectivity index is 2.07. The van der Waals surface area contributed by atoms with E-state index in [1.165, 1.54) is 18.5 Å². The van der Waals surface area contributed by atoms with Gasteiger partial charge in [-0.05, 0) is 24.1 Å². The molecule has 112 valence electrons. The third-order valence-corrected chi connectivity index (χ3v) is 2.83. The van der Waals surface area contributed by atoms with Crippen LogP contribution in [0, 0.1) is 17.1 Å². The van der Waals surface area contributed by atoms with E-state index < -0.39 is 5.82 Å². The minimum absolute atomic E-state index is 0.0964. The molecule has 0 fully saturated rings. The Kier molecular flexibility index (Phi) is 4.52. The molecule has 1 heterocycles. The van der Waals surface area contributed by atoms with Gasteiger partial charge in [0.15, 0.2) is 17.4 Å². The lowest BCUT2D eigenvalue weighted by Gasteiger charge is -2.10. The number of nitrogens with one attached hydrogen (secondary N) is 1. The molecule has 0 radical (unpaired) electrons. The van der Waals surface area contributed by atoms with Gasteiger partial charge in [0.25, 0.3) is 0 Å². The molecule has 1 aromatic heterocycles. The molecule has 0 saturated carbocycles. The molecule has 0 aliphatic carbocycles. The maximum atomic E-state index is 13.8. The molecular formula is C14H18FN5O. The summed E-state index contributed by atoms with van der Waals surface area (Å²) in [6.45, 7) is 5.01. The number of nitrogens with two attached hydrogens (primary N) is 1. The Morgan fingerprint density at radius 2 is 2.24 bits per heavy atom. The van der Waals surface area contributed by atoms with E-state index in [-0.39, 0.29) is 18.2 Å². The molecule has 0 bridgehead atoms. The smallest absolute Gasteiger partial charge is 0.165 e. The van der Waals surface area contributed by atoms with Crippen LogP contribution in [-0.4, -0.2) is 20.6 Å². The number of hydrogen-bond acceptors (Lipinski definition) is 4. The summed E-state index contributed by atoms with van der Waals surface area (Å²) in [5.74, 6) is 0.421. The summed E-state index contributed by atoms with van der Waals surface area (Å²) in [5.41, 5.74) is 5.63. The van der Waals surface area contributed by atoms with Crippen LogP contribution in [0.5, 0.6) is 5.75 Å². The van der Waals surface area contributed by atoms with Gasteiger partial charge in [-0.25, -0.2) is 14.1 Å². The van der Waals surface area contributed by atoms with Crippen molar-refractivity contribution in [1.82, 2.24) is 14.8 Å². The van der Waals surface area contributed by atoms with Gasteiger partial charge in [-0.15, -0.1) is 0 Å². The maximum Gasteiger partial charge on any atom is 0.165 e. The van der Waals surface area contributed by atoms with Crippen molar-refractivity contribution in [3.05, 3.63) is 41.7 Å². The van der Waals surface area contributed by atoms with Crippen molar-refractivity contribution in [2.75, 3.05) is 0 Å². The fraction of sp³-hybridized carbons (Fsp3) is 0.357. The van der Waals surface area contributed by atoms with Crippen LogP contribution in [0.15, 0.2) is 24.5 Å². The van der Waals surface area contributed by atoms with Crippen LogP contribution in [0.25, 0.3) is 0 Å². The fourth-order valence-corrected chi connectivity index (χ4v) is 1.83. The Morgan fingerprint density at radius 1 is 1.48 bits per heavy atom. The van der Waals surface area contributed by atoms with Crippen LogP contribution in [0.1, 0.15) is 25.2 Å². The number of halogens is 1.